The van der Waals surface area contributed by atoms with Gasteiger partial charge in [-0.15, -0.1) is 0 Å². The molecule has 2 rings (SSSR count). The maximum Gasteiger partial charge on any atom is 0.0969 e. The van der Waals surface area contributed by atoms with Crippen molar-refractivity contribution in [3.63, 3.8) is 0 Å². The van der Waals surface area contributed by atoms with Gasteiger partial charge in [0.2, 0.25) is 0 Å². The Bertz CT molecular complexity index is 929. The molecular formula is C26H52B20O2Si. The first-order valence-electron chi connectivity index (χ1n) is 19.5. The lowest BCUT2D eigenvalue weighted by Crippen LogP contribution is -2.63. The molecule has 49 heavy (non-hydrogen) atoms. The van der Waals surface area contributed by atoms with Gasteiger partial charge in [0.25, 0.3) is 0 Å². The highest BCUT2D eigenvalue weighted by molar-refractivity contribution is 8.02. The van der Waals surface area contributed by atoms with E-state index in [0.717, 1.165) is 65.0 Å². The molecule has 0 bridgehead atoms. The fourth-order valence-electron chi connectivity index (χ4n) is 8.61. The van der Waals surface area contributed by atoms with Crippen molar-refractivity contribution in [2.75, 3.05) is 26.4 Å². The Morgan fingerprint density at radius 2 is 0.918 bits per heavy atom. The first-order chi connectivity index (χ1) is 22.7. The van der Waals surface area contributed by atoms with E-state index < -0.39 is 46.4 Å². The normalized spacial score (nSPS) is 20.2. The monoisotopic (exact) mass is 645 g/mol. The second-order valence-corrected chi connectivity index (χ2v) is 23.7. The summed E-state index contributed by atoms with van der Waals surface area (Å²) in [5, 5.41) is 0.386. The lowest BCUT2D eigenvalue weighted by molar-refractivity contribution is 0.107. The largest absolute Gasteiger partial charge is 0.381 e. The summed E-state index contributed by atoms with van der Waals surface area (Å²) in [7, 11) is 60.8. The summed E-state index contributed by atoms with van der Waals surface area (Å²) in [6.45, 7) is 20.2. The summed E-state index contributed by atoms with van der Waals surface area (Å²) in [5.74, 6) is 2.61. The zero-order valence-electron chi connectivity index (χ0n) is 32.4. The average molecular weight is 641 g/mol. The summed E-state index contributed by atoms with van der Waals surface area (Å²) in [6.07, 6.45) is 5.15. The van der Waals surface area contributed by atoms with Gasteiger partial charge < -0.3 is 9.47 Å². The van der Waals surface area contributed by atoms with Crippen LogP contribution in [0.2, 0.25) is 47.4 Å². The second-order valence-electron chi connectivity index (χ2n) is 18.0. The molecule has 0 spiro atoms. The molecule has 2 fully saturated rings. The highest BCUT2D eigenvalue weighted by Gasteiger charge is 2.58. The van der Waals surface area contributed by atoms with E-state index >= 15 is 0 Å². The van der Waals surface area contributed by atoms with Crippen LogP contribution < -0.4 is 0 Å². The molecule has 0 aromatic carbocycles. The lowest BCUT2D eigenvalue weighted by Gasteiger charge is -2.37. The number of rotatable bonds is 26. The molecule has 0 amide bonds. The Hall–Kier alpha value is 1.44. The van der Waals surface area contributed by atoms with E-state index in [0.29, 0.717) is 47.4 Å². The molecule has 2 aliphatic rings. The Kier molecular flexibility index (Phi) is 20.4. The van der Waals surface area contributed by atoms with Gasteiger partial charge in [-0.05, 0) is 30.2 Å². The van der Waals surface area contributed by atoms with Crippen molar-refractivity contribution in [3.05, 3.63) is 0 Å². The standard InChI is InChI=1S/C26H52B20O2Si/c1-21(2)20-48-18-10-14-23-22(37(23)45(41(31)32)43(35)39(27)28)12-8-16-47-17-9-13-24-25(15-11-19-49(6,7)26(3,4)5)38(24)46(42(33)34)44(36)40(29)30/h21-25H,8-20H2,1-7H3. The predicted octanol–water partition coefficient (Wildman–Crippen LogP) is 1.04. The molecule has 2 aliphatic heterocycles. The van der Waals surface area contributed by atoms with Gasteiger partial charge in [-0.1, -0.05) is 109 Å². The molecule has 0 N–H and O–H groups in total. The molecule has 0 aliphatic carbocycles. The van der Waals surface area contributed by atoms with Crippen LogP contribution in [0.15, 0.2) is 0 Å². The lowest BCUT2D eigenvalue weighted by atomic mass is 8.57. The quantitative estimate of drug-likeness (QED) is 0.104. The average Bonchev–Trinajstić information content (AvgIpc) is 3.85. The summed E-state index contributed by atoms with van der Waals surface area (Å²) >= 11 is 0. The highest BCUT2D eigenvalue weighted by Crippen LogP contribution is 2.58. The highest BCUT2D eigenvalue weighted by atomic mass is 28.3. The Labute approximate surface area is 323 Å². The first-order valence-corrected chi connectivity index (χ1v) is 22.7. The molecule has 20 radical (unpaired) electrons. The van der Waals surface area contributed by atoms with E-state index in [9.17, 15) is 0 Å². The molecule has 23 heteroatoms. The van der Waals surface area contributed by atoms with Gasteiger partial charge in [0.1, 0.15) is 0 Å². The smallest absolute Gasteiger partial charge is 0.0969 e. The molecule has 0 aromatic rings. The van der Waals surface area contributed by atoms with Gasteiger partial charge in [-0.2, -0.15) is 0 Å². The van der Waals surface area contributed by atoms with Crippen LogP contribution in [0.1, 0.15) is 86.0 Å². The third-order valence-electron chi connectivity index (χ3n) is 12.7. The first kappa shape index (κ1) is 46.6. The summed E-state index contributed by atoms with van der Waals surface area (Å²) < 4.78 is 12.0. The minimum atomic E-state index is -1.34. The third-order valence-corrected chi connectivity index (χ3v) is 18.3. The molecule has 0 aromatic heterocycles. The van der Waals surface area contributed by atoms with Crippen LogP contribution >= 0.6 is 0 Å². The van der Waals surface area contributed by atoms with Crippen LogP contribution in [0.3, 0.4) is 0 Å². The van der Waals surface area contributed by atoms with Crippen molar-refractivity contribution in [1.29, 1.82) is 0 Å². The van der Waals surface area contributed by atoms with Crippen LogP contribution in [0, 0.1) is 5.92 Å². The van der Waals surface area contributed by atoms with Crippen LogP contribution in [0.4, 0.5) is 0 Å². The van der Waals surface area contributed by atoms with Gasteiger partial charge in [-0.3, -0.25) is 0 Å². The number of hydrogen-bond donors (Lipinski definition) is 0. The number of ether oxygens (including phenoxy) is 2. The molecule has 4 unspecified atom stereocenters. The van der Waals surface area contributed by atoms with Crippen LogP contribution in [0.25, 0.3) is 0 Å². The maximum atomic E-state index is 6.49. The van der Waals surface area contributed by atoms with E-state index in [1.165, 1.54) is 18.9 Å². The van der Waals surface area contributed by atoms with E-state index in [1.54, 1.807) is 0 Å². The minimum Gasteiger partial charge on any atom is -0.381 e. The summed E-state index contributed by atoms with van der Waals surface area (Å²) in [5.41, 5.74) is 0. The van der Waals surface area contributed by atoms with E-state index in [-0.39, 0.29) is 12.8 Å². The van der Waals surface area contributed by atoms with Gasteiger partial charge in [-0.25, -0.2) is 0 Å². The van der Waals surface area contributed by atoms with E-state index in [2.05, 4.69) is 47.7 Å². The zero-order chi connectivity index (χ0) is 37.3. The van der Waals surface area contributed by atoms with Crippen molar-refractivity contribution in [1.82, 2.24) is 0 Å². The van der Waals surface area contributed by atoms with Crippen molar-refractivity contribution in [3.8, 4) is 0 Å². The maximum absolute atomic E-state index is 6.49. The Morgan fingerprint density at radius 3 is 1.22 bits per heavy atom. The zero-order valence-corrected chi connectivity index (χ0v) is 33.4. The Balaban J connectivity index is 1.88. The number of hydrogen-bond acceptors (Lipinski definition) is 2. The summed E-state index contributed by atoms with van der Waals surface area (Å²) in [6, 6.07) is 1.31. The minimum absolute atomic E-state index is 0.0857. The van der Waals surface area contributed by atoms with Crippen molar-refractivity contribution < 1.29 is 9.47 Å². The van der Waals surface area contributed by atoms with Gasteiger partial charge in [0, 0.05) is 155 Å². The van der Waals surface area contributed by atoms with Crippen molar-refractivity contribution in [2.45, 2.75) is 133 Å². The van der Waals surface area contributed by atoms with Crippen molar-refractivity contribution in [2.24, 2.45) is 5.92 Å². The van der Waals surface area contributed by atoms with Crippen LogP contribution in [-0.2, 0) is 9.47 Å². The van der Waals surface area contributed by atoms with Crippen molar-refractivity contribution >= 4 is 150 Å². The predicted molar refractivity (Wildman–Crippen MR) is 245 cm³/mol. The van der Waals surface area contributed by atoms with E-state index in [1.807, 2.05) is 0 Å². The molecule has 4 atom stereocenters. The SMILES string of the molecule is [B]B([B])B([B])B(B([B])[B])B1C(CCCOCCCC2B(B(B([B])[B])B([B])B([B])[B])C2CCC[Si](C)(C)C(C)(C)C)C1CCCOCC(C)C. The van der Waals surface area contributed by atoms with Gasteiger partial charge in [0.05, 0.1) is 21.3 Å². The molecule has 2 nitrogen and oxygen atoms in total. The summed E-state index contributed by atoms with van der Waals surface area (Å²) in [4.78, 5) is 0. The second kappa shape index (κ2) is 21.5. The molecule has 232 valence electrons. The van der Waals surface area contributed by atoms with Gasteiger partial charge >= 0.3 is 0 Å². The molecule has 2 saturated heterocycles. The fraction of sp³-hybridized carbons (Fsp3) is 1.00. The third kappa shape index (κ3) is 14.6. The molecular weight excluding hydrogens is 589 g/mol. The fourth-order valence-corrected chi connectivity index (χ4v) is 10.4. The van der Waals surface area contributed by atoms with Crippen LogP contribution in [-0.4, -0.2) is 176 Å². The Morgan fingerprint density at radius 1 is 0.571 bits per heavy atom. The molecule has 2 heterocycles. The van der Waals surface area contributed by atoms with Gasteiger partial charge in [0.15, 0.2) is 0 Å². The van der Waals surface area contributed by atoms with Crippen LogP contribution in [0.5, 0.6) is 0 Å². The van der Waals surface area contributed by atoms with E-state index in [4.69, 9.17) is 86.8 Å². The molecule has 0 saturated carbocycles. The topological polar surface area (TPSA) is 18.5 Å².